The van der Waals surface area contributed by atoms with Gasteiger partial charge >= 0.3 is 24.1 Å². The molecule has 0 heterocycles. The molecule has 0 saturated carbocycles. The molecule has 2 aromatic rings. The van der Waals surface area contributed by atoms with Gasteiger partial charge in [0.2, 0.25) is 0 Å². The lowest BCUT2D eigenvalue weighted by molar-refractivity contribution is -0.150. The Morgan fingerprint density at radius 2 is 0.949 bits per heavy atom. The van der Waals surface area contributed by atoms with Crippen molar-refractivity contribution in [2.24, 2.45) is 11.8 Å². The lowest BCUT2D eigenvalue weighted by atomic mass is 10.1. The number of benzene rings is 2. The average Bonchev–Trinajstić information content (AvgIpc) is 2.92. The highest BCUT2D eigenvalue weighted by molar-refractivity contribution is 5.82. The Balaban J connectivity index is 1.70. The maximum atomic E-state index is 12.5. The SMILES string of the molecule is CC(C)[C@H](NC(=O)OCc1ccccc1)C(=O)OCCCOC(=O)[C@@H](NC(=O)OCc1ccccc1)C(C)C. The van der Waals surface area contributed by atoms with Crippen LogP contribution in [0.3, 0.4) is 0 Å². The molecule has 0 bridgehead atoms. The molecule has 0 spiro atoms. The smallest absolute Gasteiger partial charge is 0.408 e. The number of nitrogens with one attached hydrogen (secondary N) is 2. The summed E-state index contributed by atoms with van der Waals surface area (Å²) in [6, 6.07) is 16.6. The summed E-state index contributed by atoms with van der Waals surface area (Å²) in [6.07, 6.45) is -1.21. The molecule has 0 unspecified atom stereocenters. The van der Waals surface area contributed by atoms with Crippen LogP contribution in [0.2, 0.25) is 0 Å². The van der Waals surface area contributed by atoms with E-state index in [9.17, 15) is 19.2 Å². The standard InChI is InChI=1S/C29H38N2O8/c1-20(2)24(30-28(34)38-18-22-12-7-5-8-13-22)26(32)36-16-11-17-37-27(33)25(21(3)4)31-29(35)39-19-23-14-9-6-10-15-23/h5-10,12-15,20-21,24-25H,11,16-19H2,1-4H3,(H,30,34)(H,31,35)/t24-,25-/m0/s1. The fraction of sp³-hybridized carbons (Fsp3) is 0.448. The fourth-order valence-electron chi connectivity index (χ4n) is 3.36. The average molecular weight is 543 g/mol. The number of esters is 2. The van der Waals surface area contributed by atoms with Crippen LogP contribution in [0.5, 0.6) is 0 Å². The summed E-state index contributed by atoms with van der Waals surface area (Å²) in [5.74, 6) is -1.70. The summed E-state index contributed by atoms with van der Waals surface area (Å²) in [6.45, 7) is 7.21. The molecule has 0 radical (unpaired) electrons. The molecule has 0 aliphatic carbocycles. The summed E-state index contributed by atoms with van der Waals surface area (Å²) in [5.41, 5.74) is 1.65. The summed E-state index contributed by atoms with van der Waals surface area (Å²) < 4.78 is 20.9. The number of rotatable bonds is 14. The predicted octanol–water partition coefficient (Wildman–Crippen LogP) is 4.36. The van der Waals surface area contributed by atoms with E-state index in [-0.39, 0.29) is 44.7 Å². The highest BCUT2D eigenvalue weighted by Crippen LogP contribution is 2.09. The van der Waals surface area contributed by atoms with Crippen molar-refractivity contribution in [3.8, 4) is 0 Å². The van der Waals surface area contributed by atoms with E-state index in [0.29, 0.717) is 0 Å². The van der Waals surface area contributed by atoms with Crippen LogP contribution >= 0.6 is 0 Å². The van der Waals surface area contributed by atoms with Gasteiger partial charge < -0.3 is 29.6 Å². The Hall–Kier alpha value is -4.08. The molecular formula is C29H38N2O8. The second-order valence-electron chi connectivity index (χ2n) is 9.54. The fourth-order valence-corrected chi connectivity index (χ4v) is 3.36. The number of alkyl carbamates (subject to hydrolysis) is 2. The minimum Gasteiger partial charge on any atom is -0.464 e. The van der Waals surface area contributed by atoms with E-state index in [1.165, 1.54) is 0 Å². The van der Waals surface area contributed by atoms with Gasteiger partial charge in [-0.3, -0.25) is 0 Å². The molecule has 0 aliphatic rings. The Bertz CT molecular complexity index is 960. The molecule has 2 rings (SSSR count). The van der Waals surface area contributed by atoms with Gasteiger partial charge in [0.15, 0.2) is 0 Å². The van der Waals surface area contributed by atoms with Crippen LogP contribution < -0.4 is 10.6 Å². The van der Waals surface area contributed by atoms with Crippen LogP contribution in [0, 0.1) is 11.8 Å². The van der Waals surface area contributed by atoms with Gasteiger partial charge in [-0.2, -0.15) is 0 Å². The third kappa shape index (κ3) is 11.9. The number of carbonyl (C=O) groups excluding carboxylic acids is 4. The Morgan fingerprint density at radius 3 is 1.28 bits per heavy atom. The van der Waals surface area contributed by atoms with Gasteiger partial charge in [0, 0.05) is 6.42 Å². The first-order chi connectivity index (χ1) is 18.7. The van der Waals surface area contributed by atoms with Crippen molar-refractivity contribution in [1.29, 1.82) is 0 Å². The third-order valence-electron chi connectivity index (χ3n) is 5.59. The van der Waals surface area contributed by atoms with Crippen LogP contribution in [0.1, 0.15) is 45.2 Å². The second kappa shape index (κ2) is 16.7. The predicted molar refractivity (Wildman–Crippen MR) is 143 cm³/mol. The monoisotopic (exact) mass is 542 g/mol. The number of ether oxygens (including phenoxy) is 4. The molecule has 0 saturated heterocycles. The molecule has 2 atom stereocenters. The molecule has 0 aliphatic heterocycles. The number of hydrogen-bond acceptors (Lipinski definition) is 8. The Labute approximate surface area is 229 Å². The molecule has 39 heavy (non-hydrogen) atoms. The molecule has 10 heteroatoms. The molecule has 2 aromatic carbocycles. The highest BCUT2D eigenvalue weighted by Gasteiger charge is 2.28. The van der Waals surface area contributed by atoms with Crippen LogP contribution in [-0.2, 0) is 41.8 Å². The number of carbonyl (C=O) groups is 4. The zero-order valence-corrected chi connectivity index (χ0v) is 22.9. The Morgan fingerprint density at radius 1 is 0.590 bits per heavy atom. The normalized spacial score (nSPS) is 12.3. The summed E-state index contributed by atoms with van der Waals surface area (Å²) >= 11 is 0. The highest BCUT2D eigenvalue weighted by atomic mass is 16.6. The van der Waals surface area contributed by atoms with E-state index >= 15 is 0 Å². The zero-order chi connectivity index (χ0) is 28.6. The maximum absolute atomic E-state index is 12.5. The van der Waals surface area contributed by atoms with Gasteiger partial charge in [0.25, 0.3) is 0 Å². The molecule has 0 fully saturated rings. The minimum atomic E-state index is -0.896. The molecular weight excluding hydrogens is 504 g/mol. The van der Waals surface area contributed by atoms with Crippen LogP contribution in [0.4, 0.5) is 9.59 Å². The van der Waals surface area contributed by atoms with Gasteiger partial charge in [0.05, 0.1) is 13.2 Å². The van der Waals surface area contributed by atoms with Gasteiger partial charge in [0.1, 0.15) is 25.3 Å². The van der Waals surface area contributed by atoms with Crippen molar-refractivity contribution in [3.05, 3.63) is 71.8 Å². The lowest BCUT2D eigenvalue weighted by Gasteiger charge is -2.21. The van der Waals surface area contributed by atoms with Gasteiger partial charge in [-0.25, -0.2) is 19.2 Å². The van der Waals surface area contributed by atoms with Crippen molar-refractivity contribution in [2.45, 2.75) is 59.4 Å². The quantitative estimate of drug-likeness (QED) is 0.205. The first-order valence-electron chi connectivity index (χ1n) is 12.9. The van der Waals surface area contributed by atoms with Crippen molar-refractivity contribution < 1.29 is 38.1 Å². The lowest BCUT2D eigenvalue weighted by Crippen LogP contribution is -2.46. The zero-order valence-electron chi connectivity index (χ0n) is 22.9. The first-order valence-corrected chi connectivity index (χ1v) is 12.9. The van der Waals surface area contributed by atoms with E-state index in [1.807, 2.05) is 60.7 Å². The summed E-state index contributed by atoms with van der Waals surface area (Å²) in [7, 11) is 0. The summed E-state index contributed by atoms with van der Waals surface area (Å²) in [5, 5.41) is 5.08. The van der Waals surface area contributed by atoms with Crippen LogP contribution in [-0.4, -0.2) is 49.4 Å². The van der Waals surface area contributed by atoms with Crippen molar-refractivity contribution in [1.82, 2.24) is 10.6 Å². The van der Waals surface area contributed by atoms with Crippen molar-refractivity contribution >= 4 is 24.1 Å². The number of amides is 2. The van der Waals surface area contributed by atoms with E-state index in [4.69, 9.17) is 18.9 Å². The first kappa shape index (κ1) is 31.1. The van der Waals surface area contributed by atoms with E-state index in [1.54, 1.807) is 27.7 Å². The number of hydrogen-bond donors (Lipinski definition) is 2. The molecule has 2 N–H and O–H groups in total. The van der Waals surface area contributed by atoms with E-state index in [2.05, 4.69) is 10.6 Å². The second-order valence-corrected chi connectivity index (χ2v) is 9.54. The molecule has 0 aromatic heterocycles. The van der Waals surface area contributed by atoms with Crippen molar-refractivity contribution in [3.63, 3.8) is 0 Å². The maximum Gasteiger partial charge on any atom is 0.408 e. The largest absolute Gasteiger partial charge is 0.464 e. The van der Waals surface area contributed by atoms with Crippen LogP contribution in [0.15, 0.2) is 60.7 Å². The van der Waals surface area contributed by atoms with Crippen LogP contribution in [0.25, 0.3) is 0 Å². The van der Waals surface area contributed by atoms with Gasteiger partial charge in [-0.05, 0) is 23.0 Å². The van der Waals surface area contributed by atoms with Gasteiger partial charge in [-0.1, -0.05) is 88.4 Å². The van der Waals surface area contributed by atoms with Crippen molar-refractivity contribution in [2.75, 3.05) is 13.2 Å². The Kier molecular flexibility index (Phi) is 13.3. The molecule has 10 nitrogen and oxygen atoms in total. The van der Waals surface area contributed by atoms with Gasteiger partial charge in [-0.15, -0.1) is 0 Å². The third-order valence-corrected chi connectivity index (χ3v) is 5.59. The summed E-state index contributed by atoms with van der Waals surface area (Å²) in [4.78, 5) is 49.3. The van der Waals surface area contributed by atoms with E-state index in [0.717, 1.165) is 11.1 Å². The van der Waals surface area contributed by atoms with E-state index < -0.39 is 36.2 Å². The molecule has 212 valence electrons. The minimum absolute atomic E-state index is 0.0189. The molecule has 2 amide bonds. The topological polar surface area (TPSA) is 129 Å².